The maximum atomic E-state index is 10.2. The molecule has 3 unspecified atom stereocenters. The minimum atomic E-state index is -0.602. The number of aliphatic hydroxyl groups excluding tert-OH is 1. The van der Waals surface area contributed by atoms with E-state index >= 15 is 0 Å². The molecule has 0 aromatic heterocycles. The van der Waals surface area contributed by atoms with E-state index in [-0.39, 0.29) is 6.10 Å². The Morgan fingerprint density at radius 2 is 1.93 bits per heavy atom. The maximum Gasteiger partial charge on any atom is 0.116 e. The summed E-state index contributed by atoms with van der Waals surface area (Å²) in [5, 5.41) is 19.2. The third-order valence-electron chi connectivity index (χ3n) is 10.1. The normalized spacial score (nSPS) is 44.9. The second-order valence-electron chi connectivity index (χ2n) is 12.2. The van der Waals surface area contributed by atoms with Crippen molar-refractivity contribution in [2.45, 2.75) is 104 Å². The molecule has 4 aliphatic rings. The molecule has 0 heterocycles. The van der Waals surface area contributed by atoms with E-state index in [1.54, 1.807) is 5.57 Å². The van der Waals surface area contributed by atoms with Crippen LogP contribution in [0.25, 0.3) is 0 Å². The molecule has 30 heavy (non-hydrogen) atoms. The predicted molar refractivity (Wildman–Crippen MR) is 122 cm³/mol. The lowest BCUT2D eigenvalue weighted by Crippen LogP contribution is -2.50. The average molecular weight is 417 g/mol. The Hall–Kier alpha value is -0.640. The van der Waals surface area contributed by atoms with Crippen molar-refractivity contribution in [1.29, 1.82) is 0 Å². The Balaban J connectivity index is 1.49. The van der Waals surface area contributed by atoms with Crippen LogP contribution in [0.5, 0.6) is 0 Å². The van der Waals surface area contributed by atoms with Gasteiger partial charge in [0.2, 0.25) is 0 Å². The standard InChI is InChI=1S/C27H44O3/c1-18(7-6-14-25(2,3)30-29)22-10-11-23-21-9-8-19-17-20(28)12-15-26(19,4)24(21)13-16-27(22,23)5/h6,8,14,18,20-24,28-29H,7,9-13,15-17H2,1-5H3/b14-6+/t18-,20+,21?,22-,23?,24?,26+,27-/m1/s1. The van der Waals surface area contributed by atoms with E-state index in [2.05, 4.69) is 37.8 Å². The van der Waals surface area contributed by atoms with Crippen LogP contribution < -0.4 is 0 Å². The van der Waals surface area contributed by atoms with Crippen molar-refractivity contribution in [3.8, 4) is 0 Å². The lowest BCUT2D eigenvalue weighted by atomic mass is 9.47. The van der Waals surface area contributed by atoms with Crippen molar-refractivity contribution in [2.75, 3.05) is 0 Å². The molecule has 3 nitrogen and oxygen atoms in total. The van der Waals surface area contributed by atoms with Crippen molar-refractivity contribution in [1.82, 2.24) is 0 Å². The molecular formula is C27H44O3. The van der Waals surface area contributed by atoms with Gasteiger partial charge in [0.1, 0.15) is 5.60 Å². The SMILES string of the molecule is C[C@H](C/C=C/C(C)(C)OO)[C@H]1CCC2C3CC=C4C[C@@H](O)CC[C@]4(C)C3CC[C@@]21C. The van der Waals surface area contributed by atoms with E-state index < -0.39 is 5.60 Å². The molecule has 2 N–H and O–H groups in total. The number of hydrogen-bond donors (Lipinski definition) is 2. The van der Waals surface area contributed by atoms with Crippen LogP contribution in [0, 0.1) is 40.4 Å². The Kier molecular flexibility index (Phi) is 6.05. The minimum Gasteiger partial charge on any atom is -0.393 e. The minimum absolute atomic E-state index is 0.110. The highest BCUT2D eigenvalue weighted by molar-refractivity contribution is 5.25. The van der Waals surface area contributed by atoms with Crippen LogP contribution in [0.4, 0.5) is 0 Å². The van der Waals surface area contributed by atoms with Crippen molar-refractivity contribution < 1.29 is 15.3 Å². The number of allylic oxidation sites excluding steroid dienone is 2. The lowest BCUT2D eigenvalue weighted by Gasteiger charge is -2.58. The van der Waals surface area contributed by atoms with Gasteiger partial charge in [0.25, 0.3) is 0 Å². The van der Waals surface area contributed by atoms with Gasteiger partial charge in [0.15, 0.2) is 0 Å². The third-order valence-corrected chi connectivity index (χ3v) is 10.1. The fraction of sp³-hybridized carbons (Fsp3) is 0.852. The summed E-state index contributed by atoms with van der Waals surface area (Å²) in [4.78, 5) is 4.56. The molecule has 4 rings (SSSR count). The summed E-state index contributed by atoms with van der Waals surface area (Å²) in [6.45, 7) is 11.3. The molecule has 0 amide bonds. The molecule has 0 saturated heterocycles. The largest absolute Gasteiger partial charge is 0.393 e. The Morgan fingerprint density at radius 3 is 2.67 bits per heavy atom. The van der Waals surface area contributed by atoms with Crippen molar-refractivity contribution >= 4 is 0 Å². The van der Waals surface area contributed by atoms with Crippen LogP contribution in [-0.4, -0.2) is 22.1 Å². The molecule has 8 atom stereocenters. The van der Waals surface area contributed by atoms with Gasteiger partial charge in [0, 0.05) is 0 Å². The molecule has 0 spiro atoms. The fourth-order valence-corrected chi connectivity index (χ4v) is 8.38. The Bertz CT molecular complexity index is 694. The summed E-state index contributed by atoms with van der Waals surface area (Å²) in [5.41, 5.74) is 1.78. The van der Waals surface area contributed by atoms with Crippen LogP contribution in [-0.2, 0) is 4.89 Å². The highest BCUT2D eigenvalue weighted by Crippen LogP contribution is 2.67. The zero-order chi connectivity index (χ0) is 21.7. The van der Waals surface area contributed by atoms with Crippen molar-refractivity contribution in [2.24, 2.45) is 40.4 Å². The first kappa shape index (κ1) is 22.6. The molecule has 0 aromatic carbocycles. The molecular weight excluding hydrogens is 372 g/mol. The van der Waals surface area contributed by atoms with Gasteiger partial charge in [-0.05, 0) is 112 Å². The van der Waals surface area contributed by atoms with Crippen LogP contribution in [0.3, 0.4) is 0 Å². The van der Waals surface area contributed by atoms with Gasteiger partial charge >= 0.3 is 0 Å². The summed E-state index contributed by atoms with van der Waals surface area (Å²) in [6, 6.07) is 0. The molecule has 170 valence electrons. The van der Waals surface area contributed by atoms with E-state index in [1.807, 2.05) is 19.9 Å². The monoisotopic (exact) mass is 416 g/mol. The van der Waals surface area contributed by atoms with E-state index in [9.17, 15) is 5.11 Å². The van der Waals surface area contributed by atoms with E-state index in [0.717, 1.165) is 42.9 Å². The highest BCUT2D eigenvalue weighted by Gasteiger charge is 2.59. The highest BCUT2D eigenvalue weighted by atomic mass is 17.1. The molecule has 3 fully saturated rings. The average Bonchev–Trinajstić information content (AvgIpc) is 3.05. The van der Waals surface area contributed by atoms with E-state index in [4.69, 9.17) is 5.26 Å². The zero-order valence-corrected chi connectivity index (χ0v) is 19.9. The van der Waals surface area contributed by atoms with Gasteiger partial charge in [-0.25, -0.2) is 4.89 Å². The van der Waals surface area contributed by atoms with Gasteiger partial charge < -0.3 is 5.11 Å². The molecule has 0 radical (unpaired) electrons. The number of fused-ring (bicyclic) bond motifs is 5. The van der Waals surface area contributed by atoms with Gasteiger partial charge in [-0.15, -0.1) is 0 Å². The number of rotatable bonds is 5. The molecule has 0 bridgehead atoms. The molecule has 0 aliphatic heterocycles. The number of hydrogen-bond acceptors (Lipinski definition) is 3. The topological polar surface area (TPSA) is 49.7 Å². The third kappa shape index (κ3) is 3.73. The summed E-state index contributed by atoms with van der Waals surface area (Å²) in [6.07, 6.45) is 17.5. The van der Waals surface area contributed by atoms with Crippen molar-refractivity contribution in [3.05, 3.63) is 23.8 Å². The second kappa shape index (κ2) is 8.05. The second-order valence-corrected chi connectivity index (χ2v) is 12.2. The van der Waals surface area contributed by atoms with E-state index in [0.29, 0.717) is 16.7 Å². The summed E-state index contributed by atoms with van der Waals surface area (Å²) in [7, 11) is 0. The molecule has 3 heteroatoms. The van der Waals surface area contributed by atoms with Crippen LogP contribution in [0.2, 0.25) is 0 Å². The maximum absolute atomic E-state index is 10.2. The van der Waals surface area contributed by atoms with Gasteiger partial charge in [-0.1, -0.05) is 44.6 Å². The molecule has 4 aliphatic carbocycles. The molecule has 3 saturated carbocycles. The Morgan fingerprint density at radius 1 is 1.17 bits per heavy atom. The first-order chi connectivity index (χ1) is 14.1. The van der Waals surface area contributed by atoms with Gasteiger partial charge in [-0.3, -0.25) is 5.26 Å². The fourth-order valence-electron chi connectivity index (χ4n) is 8.38. The smallest absolute Gasteiger partial charge is 0.116 e. The predicted octanol–water partition coefficient (Wildman–Crippen LogP) is 6.78. The lowest BCUT2D eigenvalue weighted by molar-refractivity contribution is -0.297. The first-order valence-corrected chi connectivity index (χ1v) is 12.5. The molecule has 0 aromatic rings. The van der Waals surface area contributed by atoms with Crippen LogP contribution in [0.15, 0.2) is 23.8 Å². The van der Waals surface area contributed by atoms with Crippen molar-refractivity contribution in [3.63, 3.8) is 0 Å². The van der Waals surface area contributed by atoms with Gasteiger partial charge in [-0.2, -0.15) is 0 Å². The Labute approximate surface area is 183 Å². The van der Waals surface area contributed by atoms with Gasteiger partial charge in [0.05, 0.1) is 6.10 Å². The summed E-state index contributed by atoms with van der Waals surface area (Å²) in [5.74, 6) is 3.96. The number of aliphatic hydroxyl groups is 1. The van der Waals surface area contributed by atoms with Crippen LogP contribution >= 0.6 is 0 Å². The summed E-state index contributed by atoms with van der Waals surface area (Å²) >= 11 is 0. The van der Waals surface area contributed by atoms with E-state index in [1.165, 1.54) is 38.5 Å². The first-order valence-electron chi connectivity index (χ1n) is 12.5. The quantitative estimate of drug-likeness (QED) is 0.295. The zero-order valence-electron chi connectivity index (χ0n) is 19.9. The summed E-state index contributed by atoms with van der Waals surface area (Å²) < 4.78 is 0. The van der Waals surface area contributed by atoms with Crippen LogP contribution in [0.1, 0.15) is 92.4 Å².